The van der Waals surface area contributed by atoms with E-state index in [4.69, 9.17) is 9.84 Å². The summed E-state index contributed by atoms with van der Waals surface area (Å²) in [5.41, 5.74) is 1.27. The second-order valence-corrected chi connectivity index (χ2v) is 9.68. The van der Waals surface area contributed by atoms with E-state index in [-0.39, 0.29) is 17.9 Å². The molecule has 0 radical (unpaired) electrons. The van der Waals surface area contributed by atoms with Crippen LogP contribution in [0.1, 0.15) is 68.8 Å². The highest BCUT2D eigenvalue weighted by Crippen LogP contribution is 2.39. The smallest absolute Gasteiger partial charge is 0.436 e. The molecule has 1 saturated carbocycles. The molecule has 11 heteroatoms. The standard InChI is InChI=1S/C24H32F3N7O/c1-3-28-21-12-19-18(13-29-21)22(15-8-10-33(2)11-9-15)32-34(19)16-4-6-17(7-5-16)35-20-14-30-31-23(20)24(25,26)27/h12-17H,3-11H2,1-2H3,(H,28,29)(H,30,31). The van der Waals surface area contributed by atoms with Gasteiger partial charge in [-0.1, -0.05) is 0 Å². The number of H-pyrrole nitrogens is 1. The Morgan fingerprint density at radius 2 is 1.86 bits per heavy atom. The molecule has 0 amide bonds. The van der Waals surface area contributed by atoms with Crippen LogP contribution in [-0.4, -0.2) is 62.6 Å². The molecule has 1 aliphatic carbocycles. The number of hydrogen-bond acceptors (Lipinski definition) is 6. The lowest BCUT2D eigenvalue weighted by Crippen LogP contribution is -2.29. The molecule has 2 aliphatic rings. The van der Waals surface area contributed by atoms with Crippen LogP contribution < -0.4 is 10.1 Å². The monoisotopic (exact) mass is 491 g/mol. The molecule has 190 valence electrons. The van der Waals surface area contributed by atoms with Gasteiger partial charge >= 0.3 is 6.18 Å². The molecule has 0 unspecified atom stereocenters. The van der Waals surface area contributed by atoms with E-state index in [1.807, 2.05) is 18.2 Å². The highest BCUT2D eigenvalue weighted by molar-refractivity contribution is 5.84. The Morgan fingerprint density at radius 3 is 2.54 bits per heavy atom. The summed E-state index contributed by atoms with van der Waals surface area (Å²) in [5, 5.41) is 15.1. The Morgan fingerprint density at radius 1 is 1.11 bits per heavy atom. The number of aromatic nitrogens is 5. The maximum absolute atomic E-state index is 13.2. The van der Waals surface area contributed by atoms with Gasteiger partial charge in [-0.3, -0.25) is 9.78 Å². The van der Waals surface area contributed by atoms with Crippen molar-refractivity contribution in [1.82, 2.24) is 29.9 Å². The van der Waals surface area contributed by atoms with E-state index < -0.39 is 11.9 Å². The molecular formula is C24H32F3N7O. The molecule has 35 heavy (non-hydrogen) atoms. The maximum Gasteiger partial charge on any atom is 0.436 e. The number of hydrogen-bond donors (Lipinski definition) is 2. The molecule has 0 atom stereocenters. The van der Waals surface area contributed by atoms with Crippen LogP contribution in [0.25, 0.3) is 10.9 Å². The Bertz CT molecular complexity index is 1140. The molecule has 1 aliphatic heterocycles. The molecule has 4 heterocycles. The van der Waals surface area contributed by atoms with Crippen molar-refractivity contribution in [3.8, 4) is 5.75 Å². The minimum atomic E-state index is -4.51. The van der Waals surface area contributed by atoms with Crippen molar-refractivity contribution in [1.29, 1.82) is 0 Å². The number of anilines is 1. The lowest BCUT2D eigenvalue weighted by Gasteiger charge is -2.30. The van der Waals surface area contributed by atoms with Crippen LogP contribution in [0.15, 0.2) is 18.5 Å². The van der Waals surface area contributed by atoms with E-state index in [1.165, 1.54) is 0 Å². The van der Waals surface area contributed by atoms with Gasteiger partial charge in [-0.05, 0) is 65.6 Å². The predicted molar refractivity (Wildman–Crippen MR) is 127 cm³/mol. The van der Waals surface area contributed by atoms with Crippen molar-refractivity contribution in [3.63, 3.8) is 0 Å². The molecule has 8 nitrogen and oxygen atoms in total. The summed E-state index contributed by atoms with van der Waals surface area (Å²) in [6.07, 6.45) is 3.29. The molecule has 2 fully saturated rings. The molecule has 0 aromatic carbocycles. The number of rotatable bonds is 6. The minimum Gasteiger partial charge on any atom is -0.486 e. The van der Waals surface area contributed by atoms with E-state index in [2.05, 4.69) is 38.1 Å². The first-order valence-corrected chi connectivity index (χ1v) is 12.4. The second kappa shape index (κ2) is 9.67. The van der Waals surface area contributed by atoms with E-state index in [0.29, 0.717) is 18.8 Å². The first kappa shape index (κ1) is 23.9. The van der Waals surface area contributed by atoms with Crippen LogP contribution in [0.5, 0.6) is 5.75 Å². The van der Waals surface area contributed by atoms with Gasteiger partial charge < -0.3 is 15.0 Å². The Labute approximate surface area is 202 Å². The molecule has 3 aromatic heterocycles. The van der Waals surface area contributed by atoms with Gasteiger partial charge in [-0.2, -0.15) is 23.4 Å². The van der Waals surface area contributed by atoms with E-state index in [1.54, 1.807) is 0 Å². The summed E-state index contributed by atoms with van der Waals surface area (Å²) >= 11 is 0. The second-order valence-electron chi connectivity index (χ2n) is 9.68. The highest BCUT2D eigenvalue weighted by atomic mass is 19.4. The van der Waals surface area contributed by atoms with Crippen molar-refractivity contribution in [3.05, 3.63) is 29.8 Å². The number of alkyl halides is 3. The third kappa shape index (κ3) is 4.96. The minimum absolute atomic E-state index is 0.167. The predicted octanol–water partition coefficient (Wildman–Crippen LogP) is 4.98. The number of nitrogens with zero attached hydrogens (tertiary/aromatic N) is 5. The van der Waals surface area contributed by atoms with E-state index >= 15 is 0 Å². The zero-order valence-electron chi connectivity index (χ0n) is 20.1. The lowest BCUT2D eigenvalue weighted by atomic mass is 9.92. The quantitative estimate of drug-likeness (QED) is 0.506. The van der Waals surface area contributed by atoms with E-state index in [0.717, 1.165) is 73.9 Å². The number of likely N-dealkylation sites (tertiary alicyclic amines) is 1. The zero-order chi connectivity index (χ0) is 24.6. The fraction of sp³-hybridized carbons (Fsp3) is 0.625. The number of halogens is 3. The average molecular weight is 492 g/mol. The van der Waals surface area contributed by atoms with Crippen LogP contribution in [0.4, 0.5) is 19.0 Å². The Hall–Kier alpha value is -2.82. The summed E-state index contributed by atoms with van der Waals surface area (Å²) < 4.78 is 47.3. The van der Waals surface area contributed by atoms with Crippen molar-refractivity contribution < 1.29 is 17.9 Å². The third-order valence-corrected chi connectivity index (χ3v) is 7.25. The summed E-state index contributed by atoms with van der Waals surface area (Å²) in [6, 6.07) is 2.24. The summed E-state index contributed by atoms with van der Waals surface area (Å²) in [4.78, 5) is 6.96. The third-order valence-electron chi connectivity index (χ3n) is 7.25. The van der Waals surface area contributed by atoms with Crippen LogP contribution >= 0.6 is 0 Å². The SMILES string of the molecule is CCNc1cc2c(cn1)c(C1CCN(C)CC1)nn2C1CCC(Oc2cn[nH]c2C(F)(F)F)CC1. The van der Waals surface area contributed by atoms with Crippen LogP contribution in [0.3, 0.4) is 0 Å². The van der Waals surface area contributed by atoms with Crippen molar-refractivity contribution >= 4 is 16.7 Å². The molecule has 0 spiro atoms. The molecule has 0 bridgehead atoms. The zero-order valence-corrected chi connectivity index (χ0v) is 20.1. The largest absolute Gasteiger partial charge is 0.486 e. The molecule has 1 saturated heterocycles. The first-order valence-electron chi connectivity index (χ1n) is 12.4. The summed E-state index contributed by atoms with van der Waals surface area (Å²) in [7, 11) is 2.15. The fourth-order valence-electron chi connectivity index (χ4n) is 5.35. The van der Waals surface area contributed by atoms with Crippen LogP contribution in [0, 0.1) is 0 Å². The maximum atomic E-state index is 13.2. The van der Waals surface area contributed by atoms with Gasteiger partial charge in [0.25, 0.3) is 0 Å². The van der Waals surface area contributed by atoms with Gasteiger partial charge in [0.1, 0.15) is 5.82 Å². The number of piperidine rings is 1. The molecule has 2 N–H and O–H groups in total. The topological polar surface area (TPSA) is 83.9 Å². The van der Waals surface area contributed by atoms with Crippen molar-refractivity contribution in [2.24, 2.45) is 0 Å². The average Bonchev–Trinajstić information content (AvgIpc) is 3.45. The number of aromatic amines is 1. The van der Waals surface area contributed by atoms with E-state index in [9.17, 15) is 13.2 Å². The van der Waals surface area contributed by atoms with Gasteiger partial charge in [0.15, 0.2) is 11.4 Å². The summed E-state index contributed by atoms with van der Waals surface area (Å²) in [5.74, 6) is 1.01. The molecular weight excluding hydrogens is 459 g/mol. The molecule has 5 rings (SSSR count). The first-order chi connectivity index (χ1) is 16.8. The van der Waals surface area contributed by atoms with Crippen molar-refractivity contribution in [2.75, 3.05) is 32.0 Å². The highest BCUT2D eigenvalue weighted by Gasteiger charge is 2.38. The van der Waals surface area contributed by atoms with Gasteiger partial charge in [0.05, 0.1) is 29.6 Å². The number of ether oxygens (including phenoxy) is 1. The van der Waals surface area contributed by atoms with Gasteiger partial charge in [0.2, 0.25) is 0 Å². The Balaban J connectivity index is 1.36. The Kier molecular flexibility index (Phi) is 6.61. The fourth-order valence-corrected chi connectivity index (χ4v) is 5.35. The van der Waals surface area contributed by atoms with Gasteiger partial charge in [-0.15, -0.1) is 0 Å². The number of pyridine rings is 1. The summed E-state index contributed by atoms with van der Waals surface area (Å²) in [6.45, 7) is 4.93. The number of fused-ring (bicyclic) bond motifs is 1. The normalized spacial score (nSPS) is 22.5. The van der Waals surface area contributed by atoms with Crippen molar-refractivity contribution in [2.45, 2.75) is 69.7 Å². The van der Waals surface area contributed by atoms with Gasteiger partial charge in [0, 0.05) is 30.1 Å². The molecule has 3 aromatic rings. The van der Waals surface area contributed by atoms with Gasteiger partial charge in [-0.25, -0.2) is 4.98 Å². The lowest BCUT2D eigenvalue weighted by molar-refractivity contribution is -0.143. The van der Waals surface area contributed by atoms with Crippen LogP contribution in [-0.2, 0) is 6.18 Å². The van der Waals surface area contributed by atoms with Crippen LogP contribution in [0.2, 0.25) is 0 Å². The number of nitrogens with one attached hydrogen (secondary N) is 2.